The van der Waals surface area contributed by atoms with Gasteiger partial charge in [0.15, 0.2) is 4.95 Å². The van der Waals surface area contributed by atoms with E-state index in [1.54, 1.807) is 0 Å². The third-order valence-corrected chi connectivity index (χ3v) is 2.33. The molecular formula is C3H2BrNO2S. The van der Waals surface area contributed by atoms with E-state index in [9.17, 15) is 9.59 Å². The van der Waals surface area contributed by atoms with Crippen molar-refractivity contribution < 1.29 is 9.59 Å². The van der Waals surface area contributed by atoms with Crippen LogP contribution in [0.1, 0.15) is 0 Å². The Morgan fingerprint density at radius 3 is 2.38 bits per heavy atom. The molecule has 0 saturated carbocycles. The van der Waals surface area contributed by atoms with Gasteiger partial charge in [0.25, 0.3) is 5.24 Å². The number of amides is 1. The van der Waals surface area contributed by atoms with Gasteiger partial charge in [-0.25, -0.2) is 0 Å². The van der Waals surface area contributed by atoms with Gasteiger partial charge in [-0.2, -0.15) is 0 Å². The highest BCUT2D eigenvalue weighted by Gasteiger charge is 2.28. The van der Waals surface area contributed by atoms with Crippen LogP contribution in [0, 0.1) is 0 Å². The average molecular weight is 196 g/mol. The van der Waals surface area contributed by atoms with Gasteiger partial charge in [-0.1, -0.05) is 15.9 Å². The van der Waals surface area contributed by atoms with Crippen LogP contribution in [-0.2, 0) is 4.79 Å². The van der Waals surface area contributed by atoms with Gasteiger partial charge >= 0.3 is 0 Å². The summed E-state index contributed by atoms with van der Waals surface area (Å²) in [6, 6.07) is 0. The maximum atomic E-state index is 10.4. The summed E-state index contributed by atoms with van der Waals surface area (Å²) in [5, 5.41) is 1.91. The van der Waals surface area contributed by atoms with Crippen LogP contribution in [-0.4, -0.2) is 15.3 Å². The molecule has 1 rings (SSSR count). The van der Waals surface area contributed by atoms with Crippen LogP contribution in [0.2, 0.25) is 0 Å². The van der Waals surface area contributed by atoms with Gasteiger partial charge in [-0.15, -0.1) is 0 Å². The maximum Gasteiger partial charge on any atom is 0.288 e. The lowest BCUT2D eigenvalue weighted by Crippen LogP contribution is -2.21. The molecule has 0 spiro atoms. The fourth-order valence-electron chi connectivity index (χ4n) is 0.335. The first kappa shape index (κ1) is 6.10. The Hall–Kier alpha value is -0.0300. The highest BCUT2D eigenvalue weighted by atomic mass is 79.9. The van der Waals surface area contributed by atoms with Crippen LogP contribution in [0.5, 0.6) is 0 Å². The Kier molecular flexibility index (Phi) is 1.57. The van der Waals surface area contributed by atoms with Crippen molar-refractivity contribution in [2.45, 2.75) is 4.95 Å². The zero-order chi connectivity index (χ0) is 6.15. The molecule has 1 atom stereocenters. The second-order valence-electron chi connectivity index (χ2n) is 1.22. The van der Waals surface area contributed by atoms with Gasteiger partial charge in [0, 0.05) is 11.8 Å². The number of thioether (sulfide) groups is 1. The van der Waals surface area contributed by atoms with Gasteiger partial charge in [0.1, 0.15) is 0 Å². The number of halogens is 1. The predicted molar refractivity (Wildman–Crippen MR) is 33.8 cm³/mol. The van der Waals surface area contributed by atoms with Crippen LogP contribution < -0.4 is 5.32 Å². The number of carbonyl (C=O) groups excluding carboxylic acids is 2. The molecule has 0 aromatic heterocycles. The fraction of sp³-hybridized carbons (Fsp3) is 0.333. The molecule has 1 heterocycles. The van der Waals surface area contributed by atoms with Crippen LogP contribution in [0.4, 0.5) is 4.79 Å². The third kappa shape index (κ3) is 1.03. The van der Waals surface area contributed by atoms with E-state index in [0.717, 1.165) is 0 Å². The number of hydrogen-bond acceptors (Lipinski definition) is 3. The third-order valence-electron chi connectivity index (χ3n) is 0.645. The van der Waals surface area contributed by atoms with Crippen molar-refractivity contribution in [1.29, 1.82) is 0 Å². The molecule has 1 aliphatic rings. The highest BCUT2D eigenvalue weighted by Crippen LogP contribution is 2.18. The maximum absolute atomic E-state index is 10.4. The smallest absolute Gasteiger partial charge is 0.288 e. The summed E-state index contributed by atoms with van der Waals surface area (Å²) >= 11 is 3.63. The second kappa shape index (κ2) is 2.06. The zero-order valence-electron chi connectivity index (χ0n) is 3.68. The lowest BCUT2D eigenvalue weighted by Gasteiger charge is -1.90. The average Bonchev–Trinajstić information content (AvgIpc) is 1.85. The van der Waals surface area contributed by atoms with Crippen molar-refractivity contribution in [2.75, 3.05) is 0 Å². The number of carbonyl (C=O) groups is 2. The monoisotopic (exact) mass is 195 g/mol. The fourth-order valence-corrected chi connectivity index (χ4v) is 1.50. The first-order valence-electron chi connectivity index (χ1n) is 1.86. The lowest BCUT2D eigenvalue weighted by molar-refractivity contribution is -0.110. The summed E-state index contributed by atoms with van der Waals surface area (Å²) in [4.78, 5) is 20.2. The lowest BCUT2D eigenvalue weighted by atomic mass is 10.7. The summed E-state index contributed by atoms with van der Waals surface area (Å²) in [6.45, 7) is 0. The summed E-state index contributed by atoms with van der Waals surface area (Å²) in [5.74, 6) is 0. The van der Waals surface area contributed by atoms with E-state index in [1.807, 2.05) is 0 Å². The van der Waals surface area contributed by atoms with Crippen LogP contribution in [0.3, 0.4) is 0 Å². The predicted octanol–water partition coefficient (Wildman–Crippen LogP) is 0.690. The molecule has 44 valence electrons. The minimum Gasteiger partial charge on any atom is -0.327 e. The minimum absolute atomic E-state index is 0.171. The Morgan fingerprint density at radius 1 is 1.62 bits per heavy atom. The van der Waals surface area contributed by atoms with E-state index in [0.29, 0.717) is 11.8 Å². The Bertz CT molecular complexity index is 148. The van der Waals surface area contributed by atoms with Crippen molar-refractivity contribution in [2.24, 2.45) is 0 Å². The van der Waals surface area contributed by atoms with E-state index in [4.69, 9.17) is 0 Å². The molecule has 3 nitrogen and oxygen atoms in total. The summed E-state index contributed by atoms with van der Waals surface area (Å²) < 4.78 is 0. The number of hydrogen-bond donors (Lipinski definition) is 1. The molecule has 8 heavy (non-hydrogen) atoms. The Balaban J connectivity index is 2.64. The first-order valence-corrected chi connectivity index (χ1v) is 3.59. The van der Waals surface area contributed by atoms with Crippen LogP contribution in [0.25, 0.3) is 0 Å². The van der Waals surface area contributed by atoms with Crippen LogP contribution in [0.15, 0.2) is 0 Å². The Labute approximate surface area is 58.3 Å². The number of alkyl halides is 1. The van der Waals surface area contributed by atoms with Crippen molar-refractivity contribution in [3.8, 4) is 0 Å². The SMILES string of the molecule is O=C1NC(Br)C(=O)S1. The number of nitrogens with one attached hydrogen (secondary N) is 1. The number of rotatable bonds is 0. The summed E-state index contributed by atoms with van der Waals surface area (Å²) in [6.07, 6.45) is 0. The van der Waals surface area contributed by atoms with Crippen molar-refractivity contribution in [3.63, 3.8) is 0 Å². The first-order chi connectivity index (χ1) is 3.70. The van der Waals surface area contributed by atoms with E-state index in [2.05, 4.69) is 21.2 Å². The molecule has 1 fully saturated rings. The Morgan fingerprint density at radius 2 is 2.25 bits per heavy atom. The molecule has 1 N–H and O–H groups in total. The molecule has 0 bridgehead atoms. The normalized spacial score (nSPS) is 28.4. The highest BCUT2D eigenvalue weighted by molar-refractivity contribution is 9.10. The second-order valence-corrected chi connectivity index (χ2v) is 3.11. The molecule has 0 aromatic carbocycles. The van der Waals surface area contributed by atoms with Crippen molar-refractivity contribution in [1.82, 2.24) is 5.32 Å². The molecule has 1 saturated heterocycles. The summed E-state index contributed by atoms with van der Waals surface area (Å²) in [7, 11) is 0. The molecular weight excluding hydrogens is 194 g/mol. The largest absolute Gasteiger partial charge is 0.327 e. The van der Waals surface area contributed by atoms with Crippen LogP contribution >= 0.6 is 27.7 Å². The minimum atomic E-state index is -0.472. The zero-order valence-corrected chi connectivity index (χ0v) is 6.08. The van der Waals surface area contributed by atoms with Gasteiger partial charge in [0.2, 0.25) is 5.12 Å². The van der Waals surface area contributed by atoms with Gasteiger partial charge < -0.3 is 5.32 Å². The van der Waals surface area contributed by atoms with E-state index >= 15 is 0 Å². The quantitative estimate of drug-likeness (QED) is 0.458. The van der Waals surface area contributed by atoms with Gasteiger partial charge in [0.05, 0.1) is 0 Å². The molecule has 0 radical (unpaired) electrons. The molecule has 5 heteroatoms. The molecule has 1 amide bonds. The van der Waals surface area contributed by atoms with E-state index in [-0.39, 0.29) is 10.4 Å². The van der Waals surface area contributed by atoms with Gasteiger partial charge in [-0.05, 0) is 0 Å². The molecule has 0 aliphatic carbocycles. The van der Waals surface area contributed by atoms with E-state index < -0.39 is 4.95 Å². The molecule has 0 aromatic rings. The summed E-state index contributed by atoms with van der Waals surface area (Å²) in [5.41, 5.74) is 0. The molecule has 1 aliphatic heterocycles. The standard InChI is InChI=1S/C3H2BrNO2S/c4-1-2(6)8-3(7)5-1/h1H,(H,5,7). The van der Waals surface area contributed by atoms with Crippen molar-refractivity contribution in [3.05, 3.63) is 0 Å². The van der Waals surface area contributed by atoms with E-state index in [1.165, 1.54) is 0 Å². The van der Waals surface area contributed by atoms with Gasteiger partial charge in [-0.3, -0.25) is 9.59 Å². The molecule has 1 unspecified atom stereocenters. The van der Waals surface area contributed by atoms with Crippen molar-refractivity contribution >= 4 is 38.0 Å². The topological polar surface area (TPSA) is 46.2 Å².